The van der Waals surface area contributed by atoms with E-state index < -0.39 is 0 Å². The number of hydrogen-bond donors (Lipinski definition) is 0. The van der Waals surface area contributed by atoms with Crippen LogP contribution >= 0.6 is 0 Å². The summed E-state index contributed by atoms with van der Waals surface area (Å²) >= 11 is 0. The van der Waals surface area contributed by atoms with E-state index in [4.69, 9.17) is 9.47 Å². The van der Waals surface area contributed by atoms with Crippen molar-refractivity contribution in [3.05, 3.63) is 35.9 Å². The molecule has 0 spiro atoms. The molecule has 1 aliphatic rings. The number of hydrogen-bond acceptors (Lipinski definition) is 3. The average molecular weight is 277 g/mol. The minimum Gasteiger partial charge on any atom is -0.376 e. The number of carbonyl (C=O) groups is 1. The summed E-state index contributed by atoms with van der Waals surface area (Å²) in [5.41, 5.74) is 1.21. The van der Waals surface area contributed by atoms with Gasteiger partial charge in [-0.3, -0.25) is 4.79 Å². The van der Waals surface area contributed by atoms with Gasteiger partial charge in [-0.25, -0.2) is 0 Å². The Morgan fingerprint density at radius 1 is 1.25 bits per heavy atom. The molecule has 1 fully saturated rings. The van der Waals surface area contributed by atoms with Crippen LogP contribution in [0.25, 0.3) is 0 Å². The van der Waals surface area contributed by atoms with Crippen molar-refractivity contribution in [2.45, 2.75) is 19.4 Å². The monoisotopic (exact) mass is 277 g/mol. The number of piperidine rings is 1. The highest BCUT2D eigenvalue weighted by atomic mass is 16.5. The van der Waals surface area contributed by atoms with Crippen LogP contribution in [0.5, 0.6) is 0 Å². The lowest BCUT2D eigenvalue weighted by atomic mass is 9.98. The van der Waals surface area contributed by atoms with Crippen molar-refractivity contribution in [2.75, 3.05) is 33.4 Å². The van der Waals surface area contributed by atoms with E-state index in [-0.39, 0.29) is 12.5 Å². The first-order valence-corrected chi connectivity index (χ1v) is 7.18. The van der Waals surface area contributed by atoms with Crippen molar-refractivity contribution >= 4 is 5.91 Å². The SMILES string of the molecule is COCC(=O)N1CCC(COCc2ccccc2)CC1. The summed E-state index contributed by atoms with van der Waals surface area (Å²) < 4.78 is 10.7. The van der Waals surface area contributed by atoms with Gasteiger partial charge in [0.2, 0.25) is 5.91 Å². The Morgan fingerprint density at radius 2 is 1.95 bits per heavy atom. The number of likely N-dealkylation sites (tertiary alicyclic amines) is 1. The highest BCUT2D eigenvalue weighted by Gasteiger charge is 2.22. The third-order valence-corrected chi connectivity index (χ3v) is 3.70. The van der Waals surface area contributed by atoms with Gasteiger partial charge in [0.1, 0.15) is 6.61 Å². The molecule has 1 amide bonds. The van der Waals surface area contributed by atoms with E-state index in [1.54, 1.807) is 7.11 Å². The second kappa shape index (κ2) is 8.02. The van der Waals surface area contributed by atoms with Crippen molar-refractivity contribution in [2.24, 2.45) is 5.92 Å². The smallest absolute Gasteiger partial charge is 0.248 e. The summed E-state index contributed by atoms with van der Waals surface area (Å²) in [6, 6.07) is 10.2. The summed E-state index contributed by atoms with van der Waals surface area (Å²) in [6.45, 7) is 3.28. The highest BCUT2D eigenvalue weighted by molar-refractivity contribution is 5.77. The van der Waals surface area contributed by atoms with Crippen LogP contribution in [0.15, 0.2) is 30.3 Å². The van der Waals surface area contributed by atoms with Crippen LogP contribution in [0, 0.1) is 5.92 Å². The second-order valence-corrected chi connectivity index (χ2v) is 5.26. The van der Waals surface area contributed by atoms with E-state index in [1.165, 1.54) is 5.56 Å². The summed E-state index contributed by atoms with van der Waals surface area (Å²) in [4.78, 5) is 13.6. The summed E-state index contributed by atoms with van der Waals surface area (Å²) in [7, 11) is 1.56. The molecule has 0 atom stereocenters. The molecule has 0 aliphatic carbocycles. The molecule has 1 aromatic rings. The molecule has 4 nitrogen and oxygen atoms in total. The summed E-state index contributed by atoms with van der Waals surface area (Å²) in [6.07, 6.45) is 2.04. The van der Waals surface area contributed by atoms with Crippen molar-refractivity contribution in [1.29, 1.82) is 0 Å². The minimum atomic E-state index is 0.0937. The standard InChI is InChI=1S/C16H23NO3/c1-19-13-16(18)17-9-7-15(8-10-17)12-20-11-14-5-3-2-4-6-14/h2-6,15H,7-13H2,1H3. The number of methoxy groups -OCH3 is 1. The molecule has 0 aromatic heterocycles. The van der Waals surface area contributed by atoms with E-state index in [2.05, 4.69) is 12.1 Å². The first-order valence-electron chi connectivity index (χ1n) is 7.18. The zero-order valence-electron chi connectivity index (χ0n) is 12.1. The van der Waals surface area contributed by atoms with Crippen LogP contribution in [0.4, 0.5) is 0 Å². The van der Waals surface area contributed by atoms with Crippen molar-refractivity contribution in [1.82, 2.24) is 4.90 Å². The molecule has 4 heteroatoms. The van der Waals surface area contributed by atoms with Gasteiger partial charge in [-0.1, -0.05) is 30.3 Å². The van der Waals surface area contributed by atoms with Gasteiger partial charge < -0.3 is 14.4 Å². The predicted molar refractivity (Wildman–Crippen MR) is 77.3 cm³/mol. The molecule has 20 heavy (non-hydrogen) atoms. The maximum Gasteiger partial charge on any atom is 0.248 e. The lowest BCUT2D eigenvalue weighted by Gasteiger charge is -2.31. The zero-order chi connectivity index (χ0) is 14.2. The quantitative estimate of drug-likeness (QED) is 0.799. The number of carbonyl (C=O) groups excluding carboxylic acids is 1. The van der Waals surface area contributed by atoms with Crippen molar-refractivity contribution < 1.29 is 14.3 Å². The Morgan fingerprint density at radius 3 is 2.60 bits per heavy atom. The second-order valence-electron chi connectivity index (χ2n) is 5.26. The summed E-state index contributed by atoms with van der Waals surface area (Å²) in [5, 5.41) is 0. The van der Waals surface area contributed by atoms with E-state index in [9.17, 15) is 4.79 Å². The number of ether oxygens (including phenoxy) is 2. The van der Waals surface area contributed by atoms with Gasteiger partial charge in [-0.15, -0.1) is 0 Å². The van der Waals surface area contributed by atoms with Crippen LogP contribution in [0.1, 0.15) is 18.4 Å². The molecule has 110 valence electrons. The molecule has 0 unspecified atom stereocenters. The fourth-order valence-corrected chi connectivity index (χ4v) is 2.48. The molecule has 1 aliphatic heterocycles. The van der Waals surface area contributed by atoms with Crippen molar-refractivity contribution in [3.8, 4) is 0 Å². The van der Waals surface area contributed by atoms with Crippen LogP contribution in [-0.2, 0) is 20.9 Å². The van der Waals surface area contributed by atoms with Crippen molar-refractivity contribution in [3.63, 3.8) is 0 Å². The molecular formula is C16H23NO3. The number of rotatable bonds is 6. The number of benzene rings is 1. The maximum absolute atomic E-state index is 11.7. The van der Waals surface area contributed by atoms with Crippen LogP contribution < -0.4 is 0 Å². The van der Waals surface area contributed by atoms with E-state index in [0.717, 1.165) is 32.5 Å². The molecule has 1 saturated heterocycles. The maximum atomic E-state index is 11.7. The van der Waals surface area contributed by atoms with Crippen LogP contribution in [0.3, 0.4) is 0 Å². The fraction of sp³-hybridized carbons (Fsp3) is 0.562. The highest BCUT2D eigenvalue weighted by Crippen LogP contribution is 2.18. The van der Waals surface area contributed by atoms with Crippen LogP contribution in [0.2, 0.25) is 0 Å². The number of amides is 1. The Bertz CT molecular complexity index is 399. The fourth-order valence-electron chi connectivity index (χ4n) is 2.48. The van der Waals surface area contributed by atoms with Crippen LogP contribution in [-0.4, -0.2) is 44.2 Å². The third kappa shape index (κ3) is 4.62. The van der Waals surface area contributed by atoms with Gasteiger partial charge in [-0.2, -0.15) is 0 Å². The predicted octanol–water partition coefficient (Wildman–Crippen LogP) is 2.09. The zero-order valence-corrected chi connectivity index (χ0v) is 12.1. The average Bonchev–Trinajstić information content (AvgIpc) is 2.49. The Labute approximate surface area is 120 Å². The Balaban J connectivity index is 1.63. The van der Waals surface area contributed by atoms with Gasteiger partial charge >= 0.3 is 0 Å². The number of nitrogens with zero attached hydrogens (tertiary/aromatic N) is 1. The molecule has 0 radical (unpaired) electrons. The van der Waals surface area contributed by atoms with Gasteiger partial charge in [0.05, 0.1) is 6.61 Å². The topological polar surface area (TPSA) is 38.8 Å². The van der Waals surface area contributed by atoms with Gasteiger partial charge in [-0.05, 0) is 24.3 Å². The molecular weight excluding hydrogens is 254 g/mol. The van der Waals surface area contributed by atoms with Gasteiger partial charge in [0.25, 0.3) is 0 Å². The third-order valence-electron chi connectivity index (χ3n) is 3.70. The van der Waals surface area contributed by atoms with Gasteiger partial charge in [0.15, 0.2) is 0 Å². The molecule has 1 aromatic carbocycles. The molecule has 0 N–H and O–H groups in total. The lowest BCUT2D eigenvalue weighted by Crippen LogP contribution is -2.41. The largest absolute Gasteiger partial charge is 0.376 e. The molecule has 0 bridgehead atoms. The van der Waals surface area contributed by atoms with E-state index in [0.29, 0.717) is 12.5 Å². The molecule has 1 heterocycles. The van der Waals surface area contributed by atoms with E-state index in [1.807, 2.05) is 23.1 Å². The summed E-state index contributed by atoms with van der Waals surface area (Å²) in [5.74, 6) is 0.654. The Hall–Kier alpha value is -1.39. The first kappa shape index (κ1) is 15.0. The Kier molecular flexibility index (Phi) is 6.02. The molecule has 2 rings (SSSR count). The van der Waals surface area contributed by atoms with Gasteiger partial charge in [0, 0.05) is 26.8 Å². The normalized spacial score (nSPS) is 16.4. The van der Waals surface area contributed by atoms with E-state index >= 15 is 0 Å². The minimum absolute atomic E-state index is 0.0937. The first-order chi connectivity index (χ1) is 9.79. The lowest BCUT2D eigenvalue weighted by molar-refractivity contribution is -0.136. The molecule has 0 saturated carbocycles.